The normalized spacial score (nSPS) is 11.6. The maximum Gasteiger partial charge on any atom is 0.263 e. The van der Waals surface area contributed by atoms with Crippen molar-refractivity contribution < 1.29 is 8.42 Å². The third kappa shape index (κ3) is 3.24. The van der Waals surface area contributed by atoms with Crippen molar-refractivity contribution in [2.45, 2.75) is 11.8 Å². The van der Waals surface area contributed by atoms with Gasteiger partial charge in [0.1, 0.15) is 4.90 Å². The van der Waals surface area contributed by atoms with Crippen LogP contribution in [0.3, 0.4) is 0 Å². The van der Waals surface area contributed by atoms with Crippen LogP contribution in [0.15, 0.2) is 47.6 Å². The molecule has 0 aliphatic rings. The third-order valence-electron chi connectivity index (χ3n) is 3.22. The van der Waals surface area contributed by atoms with Gasteiger partial charge in [-0.1, -0.05) is 23.2 Å². The number of benzene rings is 2. The van der Waals surface area contributed by atoms with Crippen LogP contribution in [0.25, 0.3) is 11.0 Å². The van der Waals surface area contributed by atoms with Crippen LogP contribution in [-0.2, 0) is 10.0 Å². The van der Waals surface area contributed by atoms with Crippen LogP contribution in [-0.4, -0.2) is 18.4 Å². The highest BCUT2D eigenvalue weighted by Gasteiger charge is 2.19. The first-order valence-electron chi connectivity index (χ1n) is 6.56. The summed E-state index contributed by atoms with van der Waals surface area (Å²) in [5.41, 5.74) is 2.27. The highest BCUT2D eigenvalue weighted by Crippen LogP contribution is 2.29. The van der Waals surface area contributed by atoms with E-state index in [1.54, 1.807) is 37.5 Å². The zero-order chi connectivity index (χ0) is 16.6. The lowest BCUT2D eigenvalue weighted by atomic mass is 10.2. The van der Waals surface area contributed by atoms with Gasteiger partial charge >= 0.3 is 0 Å². The summed E-state index contributed by atoms with van der Waals surface area (Å²) in [6.45, 7) is 1.71. The van der Waals surface area contributed by atoms with Crippen molar-refractivity contribution in [3.05, 3.63) is 58.3 Å². The molecule has 0 atom stereocenters. The molecule has 1 heterocycles. The maximum absolute atomic E-state index is 12.5. The van der Waals surface area contributed by atoms with E-state index in [0.717, 1.165) is 0 Å². The number of aryl methyl sites for hydroxylation is 1. The molecule has 0 saturated heterocycles. The quantitative estimate of drug-likeness (QED) is 0.757. The van der Waals surface area contributed by atoms with Gasteiger partial charge in [0.15, 0.2) is 0 Å². The number of anilines is 1. The Morgan fingerprint density at radius 3 is 2.39 bits per heavy atom. The minimum absolute atomic E-state index is 0.0275. The number of hydrogen-bond acceptors (Lipinski definition) is 4. The maximum atomic E-state index is 12.5. The summed E-state index contributed by atoms with van der Waals surface area (Å²) >= 11 is 12.0. The lowest BCUT2D eigenvalue weighted by Crippen LogP contribution is -2.13. The second kappa shape index (κ2) is 5.96. The van der Waals surface area contributed by atoms with E-state index in [-0.39, 0.29) is 9.92 Å². The van der Waals surface area contributed by atoms with Crippen molar-refractivity contribution in [2.24, 2.45) is 0 Å². The van der Waals surface area contributed by atoms with Crippen molar-refractivity contribution in [3.63, 3.8) is 0 Å². The molecule has 0 aliphatic heterocycles. The molecule has 118 valence electrons. The average molecular weight is 368 g/mol. The highest BCUT2D eigenvalue weighted by molar-refractivity contribution is 7.92. The van der Waals surface area contributed by atoms with Gasteiger partial charge in [0, 0.05) is 17.4 Å². The predicted octanol–water partition coefficient (Wildman–Crippen LogP) is 4.05. The van der Waals surface area contributed by atoms with Gasteiger partial charge in [-0.3, -0.25) is 14.7 Å². The lowest BCUT2D eigenvalue weighted by molar-refractivity contribution is 0.601. The number of nitrogens with zero attached hydrogens (tertiary/aromatic N) is 2. The monoisotopic (exact) mass is 367 g/mol. The van der Waals surface area contributed by atoms with E-state index in [1.807, 2.05) is 0 Å². The number of sulfonamides is 1. The van der Waals surface area contributed by atoms with Crippen LogP contribution in [0.5, 0.6) is 0 Å². The van der Waals surface area contributed by atoms with Crippen molar-refractivity contribution in [3.8, 4) is 0 Å². The number of aromatic nitrogens is 2. The van der Waals surface area contributed by atoms with Crippen LogP contribution in [0.1, 0.15) is 5.56 Å². The first-order valence-corrected chi connectivity index (χ1v) is 8.80. The van der Waals surface area contributed by atoms with Gasteiger partial charge in [0.05, 0.1) is 21.7 Å². The fourth-order valence-electron chi connectivity index (χ4n) is 2.07. The number of fused-ring (bicyclic) bond motifs is 1. The summed E-state index contributed by atoms with van der Waals surface area (Å²) in [6.07, 6.45) is 3.11. The SMILES string of the molecule is Cc1cc(S(=O)(=O)Nc2ccc3nccnc3c2)c(Cl)cc1Cl. The molecule has 0 saturated carbocycles. The van der Waals surface area contributed by atoms with Crippen molar-refractivity contribution in [2.75, 3.05) is 4.72 Å². The van der Waals surface area contributed by atoms with E-state index in [4.69, 9.17) is 23.2 Å². The van der Waals surface area contributed by atoms with Crippen LogP contribution < -0.4 is 4.72 Å². The molecule has 1 aromatic heterocycles. The third-order valence-corrected chi connectivity index (χ3v) is 5.48. The Labute approximate surface area is 143 Å². The molecule has 3 aromatic rings. The molecule has 0 fully saturated rings. The van der Waals surface area contributed by atoms with Gasteiger partial charge < -0.3 is 0 Å². The Balaban J connectivity index is 2.01. The van der Waals surface area contributed by atoms with Gasteiger partial charge in [-0.05, 0) is 42.8 Å². The molecule has 0 spiro atoms. The molecule has 5 nitrogen and oxygen atoms in total. The number of halogens is 2. The minimum atomic E-state index is -3.84. The van der Waals surface area contributed by atoms with Gasteiger partial charge in [-0.2, -0.15) is 0 Å². The largest absolute Gasteiger partial charge is 0.280 e. The van der Waals surface area contributed by atoms with Crippen molar-refractivity contribution in [1.29, 1.82) is 0 Å². The molecule has 0 bridgehead atoms. The highest BCUT2D eigenvalue weighted by atomic mass is 35.5. The van der Waals surface area contributed by atoms with Gasteiger partial charge in [-0.25, -0.2) is 8.42 Å². The number of rotatable bonds is 3. The molecule has 0 radical (unpaired) electrons. The van der Waals surface area contributed by atoms with E-state index < -0.39 is 10.0 Å². The topological polar surface area (TPSA) is 72.0 Å². The first-order chi connectivity index (χ1) is 10.9. The molecular formula is C15H11Cl2N3O2S. The number of nitrogens with one attached hydrogen (secondary N) is 1. The summed E-state index contributed by atoms with van der Waals surface area (Å²) in [4.78, 5) is 8.26. The van der Waals surface area contributed by atoms with E-state index in [0.29, 0.717) is 27.3 Å². The Morgan fingerprint density at radius 2 is 1.65 bits per heavy atom. The van der Waals surface area contributed by atoms with Gasteiger partial charge in [0.2, 0.25) is 0 Å². The Bertz CT molecular complexity index is 1010. The van der Waals surface area contributed by atoms with Crippen LogP contribution in [0.2, 0.25) is 10.0 Å². The Hall–Kier alpha value is -1.89. The van der Waals surface area contributed by atoms with E-state index >= 15 is 0 Å². The van der Waals surface area contributed by atoms with Crippen LogP contribution in [0, 0.1) is 6.92 Å². The molecule has 8 heteroatoms. The molecule has 3 rings (SSSR count). The number of hydrogen-bond donors (Lipinski definition) is 1. The van der Waals surface area contributed by atoms with Crippen molar-refractivity contribution >= 4 is 49.9 Å². The van der Waals surface area contributed by atoms with Crippen LogP contribution >= 0.6 is 23.2 Å². The molecule has 0 aliphatic carbocycles. The fourth-order valence-corrected chi connectivity index (χ4v) is 3.96. The standard InChI is InChI=1S/C15H11Cl2N3O2S/c1-9-6-15(12(17)8-11(9)16)23(21,22)20-10-2-3-13-14(7-10)19-5-4-18-13/h2-8,20H,1H3. The predicted molar refractivity (Wildman–Crippen MR) is 91.5 cm³/mol. The van der Waals surface area contributed by atoms with E-state index in [2.05, 4.69) is 14.7 Å². The van der Waals surface area contributed by atoms with Gasteiger partial charge in [0.25, 0.3) is 10.0 Å². The fraction of sp³-hybridized carbons (Fsp3) is 0.0667. The smallest absolute Gasteiger partial charge is 0.263 e. The minimum Gasteiger partial charge on any atom is -0.280 e. The Morgan fingerprint density at radius 1 is 0.957 bits per heavy atom. The summed E-state index contributed by atoms with van der Waals surface area (Å²) in [6, 6.07) is 7.77. The second-order valence-electron chi connectivity index (χ2n) is 4.90. The summed E-state index contributed by atoms with van der Waals surface area (Å²) in [5, 5.41) is 0.476. The zero-order valence-corrected chi connectivity index (χ0v) is 14.2. The van der Waals surface area contributed by atoms with Crippen LogP contribution in [0.4, 0.5) is 5.69 Å². The zero-order valence-electron chi connectivity index (χ0n) is 11.9. The Kier molecular flexibility index (Phi) is 4.14. The van der Waals surface area contributed by atoms with E-state index in [1.165, 1.54) is 12.1 Å². The molecule has 0 unspecified atom stereocenters. The average Bonchev–Trinajstić information content (AvgIpc) is 2.50. The summed E-state index contributed by atoms with van der Waals surface area (Å²) in [7, 11) is -3.84. The second-order valence-corrected chi connectivity index (χ2v) is 7.36. The first kappa shape index (κ1) is 16.0. The summed E-state index contributed by atoms with van der Waals surface area (Å²) < 4.78 is 27.6. The van der Waals surface area contributed by atoms with E-state index in [9.17, 15) is 8.42 Å². The lowest BCUT2D eigenvalue weighted by Gasteiger charge is -2.11. The molecule has 23 heavy (non-hydrogen) atoms. The van der Waals surface area contributed by atoms with Crippen molar-refractivity contribution in [1.82, 2.24) is 9.97 Å². The summed E-state index contributed by atoms with van der Waals surface area (Å²) in [5.74, 6) is 0. The molecule has 2 aromatic carbocycles. The molecule has 0 amide bonds. The van der Waals surface area contributed by atoms with Gasteiger partial charge in [-0.15, -0.1) is 0 Å². The molecule has 1 N–H and O–H groups in total. The molecular weight excluding hydrogens is 357 g/mol.